The van der Waals surface area contributed by atoms with Crippen LogP contribution in [-0.4, -0.2) is 71.6 Å². The summed E-state index contributed by atoms with van der Waals surface area (Å²) in [6.07, 6.45) is 4.96. The second kappa shape index (κ2) is 7.98. The van der Waals surface area contributed by atoms with Gasteiger partial charge in [-0.15, -0.1) is 0 Å². The standard InChI is InChI=1S/C24H29FN6O2/c1-29(2)7-8-33-20-6-5-17(10-18(20)25)27-23-26-14-16-9-19(22(32)30(3)4)31(21(16)28-23)24-11-15(12-24)13-24/h5-6,9-10,14-15H,7-8,11-13H2,1-4H3,(H,26,27,28). The van der Waals surface area contributed by atoms with E-state index in [1.165, 1.54) is 6.07 Å². The van der Waals surface area contributed by atoms with Crippen LogP contribution in [0.1, 0.15) is 29.8 Å². The topological polar surface area (TPSA) is 75.5 Å². The highest BCUT2D eigenvalue weighted by Crippen LogP contribution is 2.63. The highest BCUT2D eigenvalue weighted by Gasteiger charge is 2.59. The lowest BCUT2D eigenvalue weighted by atomic mass is 9.49. The van der Waals surface area contributed by atoms with E-state index >= 15 is 0 Å². The van der Waals surface area contributed by atoms with Gasteiger partial charge in [0, 0.05) is 49.5 Å². The normalized spacial score (nSPS) is 21.0. The van der Waals surface area contributed by atoms with Crippen molar-refractivity contribution in [1.82, 2.24) is 24.3 Å². The largest absolute Gasteiger partial charge is 0.489 e. The van der Waals surface area contributed by atoms with Gasteiger partial charge in [0.15, 0.2) is 11.6 Å². The lowest BCUT2D eigenvalue weighted by Gasteiger charge is -2.62. The smallest absolute Gasteiger partial charge is 0.270 e. The summed E-state index contributed by atoms with van der Waals surface area (Å²) in [5, 5.41) is 3.92. The van der Waals surface area contributed by atoms with Crippen LogP contribution in [0.25, 0.3) is 11.0 Å². The molecule has 8 nitrogen and oxygen atoms in total. The minimum Gasteiger partial charge on any atom is -0.489 e. The number of nitrogens with zero attached hydrogens (tertiary/aromatic N) is 5. The van der Waals surface area contributed by atoms with Crippen LogP contribution in [0.15, 0.2) is 30.5 Å². The van der Waals surface area contributed by atoms with Crippen LogP contribution in [0.4, 0.5) is 16.0 Å². The molecular formula is C24H29FN6O2. The van der Waals surface area contributed by atoms with Gasteiger partial charge in [-0.25, -0.2) is 9.37 Å². The molecule has 2 aromatic heterocycles. The van der Waals surface area contributed by atoms with E-state index in [1.54, 1.807) is 37.3 Å². The fourth-order valence-electron chi connectivity index (χ4n) is 4.79. The van der Waals surface area contributed by atoms with Gasteiger partial charge in [-0.3, -0.25) is 4.79 Å². The molecule has 2 bridgehead atoms. The van der Waals surface area contributed by atoms with Gasteiger partial charge in [0.1, 0.15) is 17.9 Å². The summed E-state index contributed by atoms with van der Waals surface area (Å²) in [4.78, 5) is 25.6. The Hall–Kier alpha value is -3.20. The lowest BCUT2D eigenvalue weighted by molar-refractivity contribution is -0.0870. The molecule has 3 aliphatic carbocycles. The van der Waals surface area contributed by atoms with Crippen LogP contribution in [0.3, 0.4) is 0 Å². The second-order valence-electron chi connectivity index (χ2n) is 9.66. The molecule has 3 aliphatic rings. The Kier molecular flexibility index (Phi) is 5.23. The van der Waals surface area contributed by atoms with Crippen LogP contribution < -0.4 is 10.1 Å². The molecular weight excluding hydrogens is 423 g/mol. The number of ether oxygens (including phenoxy) is 1. The van der Waals surface area contributed by atoms with Crippen molar-refractivity contribution in [3.63, 3.8) is 0 Å². The number of carbonyl (C=O) groups is 1. The molecule has 3 saturated carbocycles. The average molecular weight is 453 g/mol. The van der Waals surface area contributed by atoms with Crippen molar-refractivity contribution in [2.45, 2.75) is 24.8 Å². The molecule has 1 aromatic carbocycles. The first-order chi connectivity index (χ1) is 15.8. The van der Waals surface area contributed by atoms with E-state index in [-0.39, 0.29) is 17.2 Å². The minimum atomic E-state index is -0.448. The zero-order valence-corrected chi connectivity index (χ0v) is 19.4. The van der Waals surface area contributed by atoms with Gasteiger partial charge in [-0.2, -0.15) is 4.98 Å². The van der Waals surface area contributed by atoms with Crippen molar-refractivity contribution < 1.29 is 13.9 Å². The fraction of sp³-hybridized carbons (Fsp3) is 0.458. The van der Waals surface area contributed by atoms with E-state index < -0.39 is 5.82 Å². The van der Waals surface area contributed by atoms with Crippen molar-refractivity contribution in [1.29, 1.82) is 0 Å². The van der Waals surface area contributed by atoms with Crippen LogP contribution in [0.5, 0.6) is 5.75 Å². The van der Waals surface area contributed by atoms with Gasteiger partial charge in [-0.1, -0.05) is 0 Å². The first kappa shape index (κ1) is 21.6. The Labute approximate surface area is 192 Å². The van der Waals surface area contributed by atoms with E-state index in [2.05, 4.69) is 14.9 Å². The number of aromatic nitrogens is 3. The lowest BCUT2D eigenvalue weighted by Crippen LogP contribution is -2.60. The molecule has 0 spiro atoms. The van der Waals surface area contributed by atoms with Crippen molar-refractivity contribution in [3.05, 3.63) is 42.0 Å². The number of carbonyl (C=O) groups excluding carboxylic acids is 1. The molecule has 0 saturated heterocycles. The fourth-order valence-corrected chi connectivity index (χ4v) is 4.79. The number of hydrogen-bond donors (Lipinski definition) is 1. The predicted octanol–water partition coefficient (Wildman–Crippen LogP) is 3.47. The third kappa shape index (κ3) is 3.80. The zero-order chi connectivity index (χ0) is 23.3. The van der Waals surface area contributed by atoms with Gasteiger partial charge in [-0.05, 0) is 57.5 Å². The van der Waals surface area contributed by atoms with Gasteiger partial charge in [0.2, 0.25) is 5.95 Å². The van der Waals surface area contributed by atoms with Gasteiger partial charge in [0.05, 0.1) is 0 Å². The summed E-state index contributed by atoms with van der Waals surface area (Å²) < 4.78 is 22.1. The monoisotopic (exact) mass is 452 g/mol. The molecule has 6 rings (SSSR count). The molecule has 3 aromatic rings. The predicted molar refractivity (Wildman–Crippen MR) is 125 cm³/mol. The van der Waals surface area contributed by atoms with Gasteiger partial charge < -0.3 is 24.4 Å². The summed E-state index contributed by atoms with van der Waals surface area (Å²) in [6.45, 7) is 1.11. The number of halogens is 1. The molecule has 0 atom stereocenters. The summed E-state index contributed by atoms with van der Waals surface area (Å²) in [5.41, 5.74) is 1.89. The van der Waals surface area contributed by atoms with E-state index in [1.807, 2.05) is 25.1 Å². The average Bonchev–Trinajstić information content (AvgIpc) is 3.05. The number of amides is 1. The molecule has 33 heavy (non-hydrogen) atoms. The third-order valence-corrected chi connectivity index (χ3v) is 6.63. The number of anilines is 2. The van der Waals surface area contributed by atoms with Crippen molar-refractivity contribution in [2.24, 2.45) is 5.92 Å². The maximum absolute atomic E-state index is 14.5. The van der Waals surface area contributed by atoms with Crippen LogP contribution in [-0.2, 0) is 5.54 Å². The zero-order valence-electron chi connectivity index (χ0n) is 19.4. The van der Waals surface area contributed by atoms with E-state index in [0.29, 0.717) is 30.5 Å². The number of rotatable bonds is 8. The Bertz CT molecular complexity index is 1200. The van der Waals surface area contributed by atoms with Crippen molar-refractivity contribution in [2.75, 3.05) is 46.7 Å². The maximum Gasteiger partial charge on any atom is 0.270 e. The van der Waals surface area contributed by atoms with E-state index in [4.69, 9.17) is 9.72 Å². The molecule has 0 unspecified atom stereocenters. The molecule has 1 amide bonds. The number of nitrogens with one attached hydrogen (secondary N) is 1. The summed E-state index contributed by atoms with van der Waals surface area (Å²) in [5.74, 6) is 0.835. The van der Waals surface area contributed by atoms with Gasteiger partial charge >= 0.3 is 0 Å². The second-order valence-corrected chi connectivity index (χ2v) is 9.66. The summed E-state index contributed by atoms with van der Waals surface area (Å²) in [7, 11) is 7.39. The quantitative estimate of drug-likeness (QED) is 0.564. The SMILES string of the molecule is CN(C)CCOc1ccc(Nc2ncc3cc(C(=O)N(C)C)n(C45CC(C4)C5)c3n2)cc1F. The Morgan fingerprint density at radius 1 is 1.24 bits per heavy atom. The summed E-state index contributed by atoms with van der Waals surface area (Å²) in [6, 6.07) is 6.59. The molecule has 3 fully saturated rings. The number of benzene rings is 1. The minimum absolute atomic E-state index is 0.0172. The Morgan fingerprint density at radius 3 is 2.61 bits per heavy atom. The number of fused-ring (bicyclic) bond motifs is 1. The molecule has 0 aliphatic heterocycles. The van der Waals surface area contributed by atoms with Crippen LogP contribution in [0.2, 0.25) is 0 Å². The Morgan fingerprint density at radius 2 is 2.00 bits per heavy atom. The Balaban J connectivity index is 1.42. The van der Waals surface area contributed by atoms with Crippen molar-refractivity contribution in [3.8, 4) is 5.75 Å². The first-order valence-corrected chi connectivity index (χ1v) is 11.2. The molecule has 1 N–H and O–H groups in total. The highest BCUT2D eigenvalue weighted by atomic mass is 19.1. The van der Waals surface area contributed by atoms with E-state index in [9.17, 15) is 9.18 Å². The maximum atomic E-state index is 14.5. The van der Waals surface area contributed by atoms with Gasteiger partial charge in [0.25, 0.3) is 5.91 Å². The van der Waals surface area contributed by atoms with E-state index in [0.717, 1.165) is 36.2 Å². The van der Waals surface area contributed by atoms with Crippen LogP contribution >= 0.6 is 0 Å². The molecule has 0 radical (unpaired) electrons. The van der Waals surface area contributed by atoms with Crippen molar-refractivity contribution >= 4 is 28.6 Å². The number of hydrogen-bond acceptors (Lipinski definition) is 6. The van der Waals surface area contributed by atoms with Crippen LogP contribution in [0, 0.1) is 11.7 Å². The molecule has 9 heteroatoms. The molecule has 2 heterocycles. The summed E-state index contributed by atoms with van der Waals surface area (Å²) >= 11 is 0. The third-order valence-electron chi connectivity index (χ3n) is 6.63. The highest BCUT2D eigenvalue weighted by molar-refractivity contribution is 5.98. The first-order valence-electron chi connectivity index (χ1n) is 11.2. The molecule has 174 valence electrons. The number of likely N-dealkylation sites (N-methyl/N-ethyl adjacent to an activating group) is 1.